The zero-order valence-electron chi connectivity index (χ0n) is 15.7. The summed E-state index contributed by atoms with van der Waals surface area (Å²) in [4.78, 5) is 10.7. The van der Waals surface area contributed by atoms with E-state index in [9.17, 15) is 13.2 Å². The van der Waals surface area contributed by atoms with E-state index in [1.54, 1.807) is 17.6 Å². The van der Waals surface area contributed by atoms with Crippen LogP contribution in [0.3, 0.4) is 0 Å². The normalized spacial score (nSPS) is 22.3. The van der Waals surface area contributed by atoms with E-state index in [4.69, 9.17) is 14.3 Å². The molecule has 2 aromatic heterocycles. The molecule has 2 N–H and O–H groups in total. The fourth-order valence-corrected chi connectivity index (χ4v) is 4.75. The molecule has 11 heteroatoms. The number of aliphatic hydroxyl groups is 1. The Labute approximate surface area is 173 Å². The Morgan fingerprint density at radius 3 is 2.73 bits per heavy atom. The van der Waals surface area contributed by atoms with E-state index < -0.39 is 25.5 Å². The van der Waals surface area contributed by atoms with Gasteiger partial charge in [-0.15, -0.1) is 11.3 Å². The molecule has 3 atom stereocenters. The first-order chi connectivity index (χ1) is 14.4. The van der Waals surface area contributed by atoms with Gasteiger partial charge in [0.05, 0.1) is 18.8 Å². The number of benzene rings is 1. The van der Waals surface area contributed by atoms with Crippen molar-refractivity contribution < 1.29 is 27.4 Å². The molecule has 30 heavy (non-hydrogen) atoms. The first-order valence-corrected chi connectivity index (χ1v) is 10.5. The zero-order valence-corrected chi connectivity index (χ0v) is 16.5. The highest BCUT2D eigenvalue weighted by atomic mass is 32.1. The maximum absolute atomic E-state index is 13.8. The lowest BCUT2D eigenvalue weighted by Gasteiger charge is -2.47. The van der Waals surface area contributed by atoms with Gasteiger partial charge in [-0.05, 0) is 12.5 Å². The molecule has 160 valence electrons. The van der Waals surface area contributed by atoms with Gasteiger partial charge in [0.2, 0.25) is 0 Å². The van der Waals surface area contributed by atoms with Crippen LogP contribution in [-0.2, 0) is 4.74 Å². The molecular weight excluding hydrogens is 421 g/mol. The van der Waals surface area contributed by atoms with Crippen molar-refractivity contribution in [1.29, 1.82) is 0 Å². The Morgan fingerprint density at radius 2 is 2.10 bits per heavy atom. The minimum atomic E-state index is -4.67. The molecule has 3 saturated heterocycles. The van der Waals surface area contributed by atoms with Crippen molar-refractivity contribution >= 4 is 28.5 Å². The Hall–Kier alpha value is -2.21. The Bertz CT molecular complexity index is 1020. The quantitative estimate of drug-likeness (QED) is 0.609. The number of nitrogens with one attached hydrogen (secondary N) is 1. The largest absolute Gasteiger partial charge is 0.423 e. The van der Waals surface area contributed by atoms with Crippen molar-refractivity contribution in [3.63, 3.8) is 0 Å². The summed E-state index contributed by atoms with van der Waals surface area (Å²) in [6.07, 6.45) is -4.17. The molecule has 3 aliphatic rings. The highest BCUT2D eigenvalue weighted by molar-refractivity contribution is 7.13. The highest BCUT2D eigenvalue weighted by Crippen LogP contribution is 2.43. The van der Waals surface area contributed by atoms with E-state index in [2.05, 4.69) is 15.3 Å². The number of alkyl halides is 3. The molecule has 3 aromatic rings. The smallest absolute Gasteiger partial charge is 0.418 e. The third-order valence-electron chi connectivity index (χ3n) is 5.37. The number of piperazine rings is 1. The molecule has 0 saturated carbocycles. The maximum Gasteiger partial charge on any atom is 0.418 e. The van der Waals surface area contributed by atoms with Crippen LogP contribution >= 0.6 is 11.3 Å². The van der Waals surface area contributed by atoms with Gasteiger partial charge in [-0.1, -0.05) is 6.07 Å². The van der Waals surface area contributed by atoms with Gasteiger partial charge in [-0.2, -0.15) is 18.2 Å². The maximum atomic E-state index is 13.8. The highest BCUT2D eigenvalue weighted by Gasteiger charge is 2.44. The summed E-state index contributed by atoms with van der Waals surface area (Å²) in [5, 5.41) is 14.8. The average Bonchev–Trinajstić information content (AvgIpc) is 3.37. The van der Waals surface area contributed by atoms with Crippen molar-refractivity contribution in [2.75, 3.05) is 31.2 Å². The summed E-state index contributed by atoms with van der Waals surface area (Å²) < 4.78 is 52.3. The summed E-state index contributed by atoms with van der Waals surface area (Å²) in [6.45, 7) is 0.427. The average molecular weight is 440 g/mol. The number of piperidine rings is 1. The topological polar surface area (TPSA) is 83.7 Å². The van der Waals surface area contributed by atoms with Gasteiger partial charge in [0.1, 0.15) is 10.5 Å². The lowest BCUT2D eigenvalue weighted by atomic mass is 9.92. The van der Waals surface area contributed by atoms with Crippen LogP contribution in [0.5, 0.6) is 0 Å². The van der Waals surface area contributed by atoms with E-state index in [0.717, 1.165) is 6.42 Å². The molecule has 3 unspecified atom stereocenters. The second kappa shape index (κ2) is 7.49. The number of thiazole rings is 1. The molecule has 1 aromatic carbocycles. The van der Waals surface area contributed by atoms with Gasteiger partial charge in [0, 0.05) is 42.3 Å². The molecule has 3 fully saturated rings. The van der Waals surface area contributed by atoms with E-state index in [1.807, 2.05) is 4.90 Å². The lowest BCUT2D eigenvalue weighted by Crippen LogP contribution is -2.67. The van der Waals surface area contributed by atoms with Crippen LogP contribution in [0.4, 0.5) is 19.2 Å². The molecule has 0 aliphatic carbocycles. The molecule has 0 radical (unpaired) electrons. The number of nitrogens with zero attached hydrogens (tertiary/aromatic N) is 3. The Morgan fingerprint density at radius 1 is 1.33 bits per heavy atom. The molecule has 5 heterocycles. The fraction of sp³-hybridized carbons (Fsp3) is 0.474. The monoisotopic (exact) mass is 440 g/mol. The van der Waals surface area contributed by atoms with Gasteiger partial charge >= 0.3 is 6.18 Å². The van der Waals surface area contributed by atoms with Crippen molar-refractivity contribution in [3.05, 3.63) is 29.3 Å². The number of fused-ring (bicyclic) bond motifs is 3. The predicted octanol–water partition coefficient (Wildman–Crippen LogP) is 3.11. The summed E-state index contributed by atoms with van der Waals surface area (Å²) >= 11 is 1.37. The number of oxazole rings is 1. The van der Waals surface area contributed by atoms with E-state index in [-0.39, 0.29) is 16.7 Å². The minimum Gasteiger partial charge on any atom is -0.423 e. The lowest BCUT2D eigenvalue weighted by molar-refractivity contribution is -0.225. The summed E-state index contributed by atoms with van der Waals surface area (Å²) in [5.74, 6) is 0. The van der Waals surface area contributed by atoms with Crippen LogP contribution in [0.15, 0.2) is 28.1 Å². The Kier molecular flexibility index (Phi) is 4.92. The fourth-order valence-electron chi connectivity index (χ4n) is 4.09. The number of halogens is 3. The molecule has 7 nitrogen and oxygen atoms in total. The van der Waals surface area contributed by atoms with E-state index in [0.29, 0.717) is 41.8 Å². The number of rotatable bonds is 6. The first kappa shape index (κ1) is 19.7. The standard InChI is InChI=1S/C19H19F3N4O3S/c20-19(21,22)16(28-5-4-27)12-1-2-13(17-23-3-6-30-17)15-14(12)25-18(29-15)26-8-10-7-11(9-26)24-10/h1-3,6,10-11,16,24,27H,4-5,7-9H2. The van der Waals surface area contributed by atoms with Crippen molar-refractivity contribution in [2.45, 2.75) is 30.8 Å². The third kappa shape index (κ3) is 3.45. The predicted molar refractivity (Wildman–Crippen MR) is 104 cm³/mol. The second-order valence-corrected chi connectivity index (χ2v) is 8.33. The van der Waals surface area contributed by atoms with Crippen LogP contribution in [0, 0.1) is 0 Å². The molecular formula is C19H19F3N4O3S. The van der Waals surface area contributed by atoms with Crippen LogP contribution in [0.1, 0.15) is 18.1 Å². The van der Waals surface area contributed by atoms with Crippen molar-refractivity contribution in [1.82, 2.24) is 15.3 Å². The molecule has 0 amide bonds. The van der Waals surface area contributed by atoms with Gasteiger partial charge in [0.25, 0.3) is 6.01 Å². The van der Waals surface area contributed by atoms with Gasteiger partial charge in [-0.25, -0.2) is 4.98 Å². The summed E-state index contributed by atoms with van der Waals surface area (Å²) in [7, 11) is 0. The van der Waals surface area contributed by atoms with Crippen molar-refractivity contribution in [2.24, 2.45) is 0 Å². The number of hydrogen-bond acceptors (Lipinski definition) is 8. The Balaban J connectivity index is 1.63. The molecule has 0 spiro atoms. The third-order valence-corrected chi connectivity index (χ3v) is 6.18. The minimum absolute atomic E-state index is 0.102. The van der Waals surface area contributed by atoms with Crippen LogP contribution in [0.2, 0.25) is 0 Å². The van der Waals surface area contributed by atoms with Gasteiger partial charge < -0.3 is 24.5 Å². The molecule has 2 bridgehead atoms. The van der Waals surface area contributed by atoms with Crippen LogP contribution in [-0.4, -0.2) is 59.6 Å². The number of aromatic nitrogens is 2. The first-order valence-electron chi connectivity index (χ1n) is 9.57. The number of aliphatic hydroxyl groups excluding tert-OH is 1. The van der Waals surface area contributed by atoms with E-state index >= 15 is 0 Å². The van der Waals surface area contributed by atoms with E-state index in [1.165, 1.54) is 17.4 Å². The van der Waals surface area contributed by atoms with Gasteiger partial charge in [-0.3, -0.25) is 0 Å². The number of hydrogen-bond donors (Lipinski definition) is 2. The molecule has 6 rings (SSSR count). The summed E-state index contributed by atoms with van der Waals surface area (Å²) in [6, 6.07) is 3.90. The number of ether oxygens (including phenoxy) is 1. The molecule has 3 aliphatic heterocycles. The zero-order chi connectivity index (χ0) is 20.9. The second-order valence-electron chi connectivity index (χ2n) is 7.43. The number of anilines is 1. The van der Waals surface area contributed by atoms with Gasteiger partial charge in [0.15, 0.2) is 11.7 Å². The SMILES string of the molecule is OCCOC(c1ccc(-c2nccs2)c2oc(N3CC4CC(C3)N4)nc12)C(F)(F)F. The summed E-state index contributed by atoms with van der Waals surface area (Å²) in [5.41, 5.74) is 0.809. The van der Waals surface area contributed by atoms with Crippen LogP contribution in [0.25, 0.3) is 21.7 Å². The van der Waals surface area contributed by atoms with Crippen molar-refractivity contribution in [3.8, 4) is 10.6 Å². The van der Waals surface area contributed by atoms with Crippen LogP contribution < -0.4 is 10.2 Å².